The second-order valence-corrected chi connectivity index (χ2v) is 8.09. The van der Waals surface area contributed by atoms with Crippen molar-refractivity contribution in [3.8, 4) is 0 Å². The van der Waals surface area contributed by atoms with Gasteiger partial charge in [-0.1, -0.05) is 36.4 Å². The molecule has 3 nitrogen and oxygen atoms in total. The SMILES string of the molecule is O=C([C@@H](c1ccccc1)N1CCC[C@@H]1c1cccs1)N1CCCCC1. The van der Waals surface area contributed by atoms with E-state index in [9.17, 15) is 4.79 Å². The van der Waals surface area contributed by atoms with Gasteiger partial charge in [-0.2, -0.15) is 0 Å². The van der Waals surface area contributed by atoms with Gasteiger partial charge in [0.15, 0.2) is 0 Å². The highest BCUT2D eigenvalue weighted by Crippen LogP contribution is 2.41. The van der Waals surface area contributed by atoms with Crippen molar-refractivity contribution in [3.05, 3.63) is 58.3 Å². The number of rotatable bonds is 4. The number of benzene rings is 1. The highest BCUT2D eigenvalue weighted by atomic mass is 32.1. The second-order valence-electron chi connectivity index (χ2n) is 7.11. The predicted octanol–water partition coefficient (Wildman–Crippen LogP) is 4.64. The fourth-order valence-corrected chi connectivity index (χ4v) is 5.16. The van der Waals surface area contributed by atoms with E-state index < -0.39 is 0 Å². The predicted molar refractivity (Wildman–Crippen MR) is 103 cm³/mol. The Morgan fingerprint density at radius 1 is 0.960 bits per heavy atom. The number of hydrogen-bond acceptors (Lipinski definition) is 3. The maximum atomic E-state index is 13.5. The fraction of sp³-hybridized carbons (Fsp3) is 0.476. The van der Waals surface area contributed by atoms with Crippen LogP contribution >= 0.6 is 11.3 Å². The van der Waals surface area contributed by atoms with Crippen molar-refractivity contribution >= 4 is 17.2 Å². The smallest absolute Gasteiger partial charge is 0.244 e. The first-order chi connectivity index (χ1) is 12.3. The number of thiophene rings is 1. The van der Waals surface area contributed by atoms with E-state index in [1.54, 1.807) is 0 Å². The molecule has 0 aliphatic carbocycles. The van der Waals surface area contributed by atoms with Crippen LogP contribution in [0.15, 0.2) is 47.8 Å². The lowest BCUT2D eigenvalue weighted by atomic mass is 10.0. The maximum Gasteiger partial charge on any atom is 0.244 e. The maximum absolute atomic E-state index is 13.5. The van der Waals surface area contributed by atoms with Crippen molar-refractivity contribution in [1.29, 1.82) is 0 Å². The summed E-state index contributed by atoms with van der Waals surface area (Å²) in [5.74, 6) is 0.300. The third-order valence-corrected chi connectivity index (χ3v) is 6.49. The monoisotopic (exact) mass is 354 g/mol. The van der Waals surface area contributed by atoms with Crippen molar-refractivity contribution in [2.24, 2.45) is 0 Å². The number of piperidine rings is 1. The van der Waals surface area contributed by atoms with E-state index >= 15 is 0 Å². The molecule has 25 heavy (non-hydrogen) atoms. The third-order valence-electron chi connectivity index (χ3n) is 5.51. The average molecular weight is 355 g/mol. The molecule has 4 heteroatoms. The van der Waals surface area contributed by atoms with Gasteiger partial charge in [0.2, 0.25) is 5.91 Å². The van der Waals surface area contributed by atoms with Gasteiger partial charge < -0.3 is 4.90 Å². The minimum atomic E-state index is -0.145. The Kier molecular flexibility index (Phi) is 5.18. The zero-order valence-electron chi connectivity index (χ0n) is 14.6. The first-order valence-electron chi connectivity index (χ1n) is 9.47. The molecule has 1 aromatic carbocycles. The van der Waals surface area contributed by atoms with E-state index in [0.29, 0.717) is 11.9 Å². The van der Waals surface area contributed by atoms with E-state index in [4.69, 9.17) is 0 Å². The first-order valence-corrected chi connectivity index (χ1v) is 10.4. The number of likely N-dealkylation sites (tertiary alicyclic amines) is 2. The molecule has 132 valence electrons. The van der Waals surface area contributed by atoms with Crippen molar-refractivity contribution in [3.63, 3.8) is 0 Å². The molecule has 2 saturated heterocycles. The van der Waals surface area contributed by atoms with Gasteiger partial charge in [-0.25, -0.2) is 0 Å². The molecule has 0 unspecified atom stereocenters. The van der Waals surface area contributed by atoms with Crippen molar-refractivity contribution < 1.29 is 4.79 Å². The minimum absolute atomic E-state index is 0.145. The van der Waals surface area contributed by atoms with Crippen LogP contribution in [0.25, 0.3) is 0 Å². The van der Waals surface area contributed by atoms with E-state index in [0.717, 1.165) is 44.5 Å². The second kappa shape index (κ2) is 7.71. The van der Waals surface area contributed by atoms with Crippen LogP contribution < -0.4 is 0 Å². The van der Waals surface area contributed by atoms with Gasteiger partial charge in [0.05, 0.1) is 0 Å². The lowest BCUT2D eigenvalue weighted by molar-refractivity contribution is -0.138. The number of hydrogen-bond donors (Lipinski definition) is 0. The van der Waals surface area contributed by atoms with Gasteiger partial charge in [0.25, 0.3) is 0 Å². The van der Waals surface area contributed by atoms with Crippen LogP contribution in [0.4, 0.5) is 0 Å². The van der Waals surface area contributed by atoms with E-state index in [1.807, 2.05) is 17.4 Å². The van der Waals surface area contributed by atoms with Crippen molar-refractivity contribution in [1.82, 2.24) is 9.80 Å². The molecule has 1 amide bonds. The van der Waals surface area contributed by atoms with Crippen molar-refractivity contribution in [2.75, 3.05) is 19.6 Å². The van der Waals surface area contributed by atoms with Gasteiger partial charge in [0, 0.05) is 24.0 Å². The number of nitrogens with zero attached hydrogens (tertiary/aromatic N) is 2. The van der Waals surface area contributed by atoms with Crippen LogP contribution in [0.3, 0.4) is 0 Å². The summed E-state index contributed by atoms with van der Waals surface area (Å²) in [6, 6.07) is 15.0. The van der Waals surface area contributed by atoms with E-state index in [2.05, 4.69) is 51.6 Å². The summed E-state index contributed by atoms with van der Waals surface area (Å²) in [6.45, 7) is 2.83. The summed E-state index contributed by atoms with van der Waals surface area (Å²) in [4.78, 5) is 19.4. The van der Waals surface area contributed by atoms with E-state index in [-0.39, 0.29) is 6.04 Å². The molecule has 0 bridgehead atoms. The molecule has 0 spiro atoms. The number of carbonyl (C=O) groups is 1. The molecule has 3 heterocycles. The molecule has 2 aromatic rings. The Morgan fingerprint density at radius 3 is 2.48 bits per heavy atom. The topological polar surface area (TPSA) is 23.6 Å². The van der Waals surface area contributed by atoms with Crippen LogP contribution in [-0.2, 0) is 4.79 Å². The molecule has 0 saturated carbocycles. The van der Waals surface area contributed by atoms with Crippen LogP contribution in [-0.4, -0.2) is 35.3 Å². The quantitative estimate of drug-likeness (QED) is 0.798. The molecular formula is C21H26N2OS. The Morgan fingerprint density at radius 2 is 1.76 bits per heavy atom. The lowest BCUT2D eigenvalue weighted by Crippen LogP contribution is -2.44. The molecule has 0 N–H and O–H groups in total. The van der Waals surface area contributed by atoms with Crippen LogP contribution in [0.1, 0.15) is 54.6 Å². The molecule has 0 radical (unpaired) electrons. The Balaban J connectivity index is 1.66. The highest BCUT2D eigenvalue weighted by molar-refractivity contribution is 7.10. The highest BCUT2D eigenvalue weighted by Gasteiger charge is 2.38. The average Bonchev–Trinajstić information content (AvgIpc) is 3.35. The van der Waals surface area contributed by atoms with Gasteiger partial charge in [-0.05, 0) is 55.7 Å². The molecule has 2 atom stereocenters. The normalized spacial score (nSPS) is 22.9. The third kappa shape index (κ3) is 3.51. The molecule has 2 fully saturated rings. The summed E-state index contributed by atoms with van der Waals surface area (Å²) < 4.78 is 0. The van der Waals surface area contributed by atoms with E-state index in [1.165, 1.54) is 17.7 Å². The fourth-order valence-electron chi connectivity index (χ4n) is 4.28. The summed E-state index contributed by atoms with van der Waals surface area (Å²) >= 11 is 1.82. The summed E-state index contributed by atoms with van der Waals surface area (Å²) in [6.07, 6.45) is 5.85. The Labute approximate surface area is 154 Å². The van der Waals surface area contributed by atoms with Gasteiger partial charge in [-0.15, -0.1) is 11.3 Å². The number of amides is 1. The summed E-state index contributed by atoms with van der Waals surface area (Å²) in [7, 11) is 0. The first kappa shape index (κ1) is 16.8. The summed E-state index contributed by atoms with van der Waals surface area (Å²) in [5, 5.41) is 2.15. The van der Waals surface area contributed by atoms with Crippen molar-refractivity contribution in [2.45, 2.75) is 44.2 Å². The number of carbonyl (C=O) groups excluding carboxylic acids is 1. The van der Waals surface area contributed by atoms with Crippen LogP contribution in [0.2, 0.25) is 0 Å². The standard InChI is InChI=1S/C21H26N2OS/c24-21(22-13-5-2-6-14-22)20(17-9-3-1-4-10-17)23-15-7-11-18(23)19-12-8-16-25-19/h1,3-4,8-10,12,16,18,20H,2,5-7,11,13-15H2/t18-,20-/m1/s1. The zero-order chi connectivity index (χ0) is 17.1. The molecule has 2 aliphatic rings. The van der Waals surface area contributed by atoms with Gasteiger partial charge >= 0.3 is 0 Å². The summed E-state index contributed by atoms with van der Waals surface area (Å²) in [5.41, 5.74) is 1.14. The zero-order valence-corrected chi connectivity index (χ0v) is 15.5. The van der Waals surface area contributed by atoms with Crippen LogP contribution in [0, 0.1) is 0 Å². The molecule has 2 aliphatic heterocycles. The molecule has 1 aromatic heterocycles. The Hall–Kier alpha value is -1.65. The van der Waals surface area contributed by atoms with Gasteiger partial charge in [0.1, 0.15) is 6.04 Å². The van der Waals surface area contributed by atoms with Crippen LogP contribution in [0.5, 0.6) is 0 Å². The minimum Gasteiger partial charge on any atom is -0.341 e. The molecule has 4 rings (SSSR count). The van der Waals surface area contributed by atoms with Gasteiger partial charge in [-0.3, -0.25) is 9.69 Å². The Bertz CT molecular complexity index is 679. The lowest BCUT2D eigenvalue weighted by Gasteiger charge is -2.37. The largest absolute Gasteiger partial charge is 0.341 e. The molecular weight excluding hydrogens is 328 g/mol.